The third-order valence-electron chi connectivity index (χ3n) is 5.68. The fourth-order valence-electron chi connectivity index (χ4n) is 3.94. The highest BCUT2D eigenvalue weighted by atomic mass is 16.5. The summed E-state index contributed by atoms with van der Waals surface area (Å²) in [4.78, 5) is 9.19. The van der Waals surface area contributed by atoms with Crippen LogP contribution in [0.15, 0.2) is 79.3 Å². The van der Waals surface area contributed by atoms with E-state index in [1.807, 2.05) is 48.9 Å². The first-order valence-corrected chi connectivity index (χ1v) is 11.0. The second-order valence-electron chi connectivity index (χ2n) is 7.88. The molecule has 0 amide bonds. The van der Waals surface area contributed by atoms with Gasteiger partial charge in [-0.25, -0.2) is 4.98 Å². The molecule has 162 valence electrons. The molecule has 0 fully saturated rings. The van der Waals surface area contributed by atoms with Crippen LogP contribution in [0.1, 0.15) is 23.1 Å². The summed E-state index contributed by atoms with van der Waals surface area (Å²) in [6, 6.07) is 22.4. The van der Waals surface area contributed by atoms with Gasteiger partial charge in [0.2, 0.25) is 0 Å². The van der Waals surface area contributed by atoms with Crippen molar-refractivity contribution in [3.05, 3.63) is 95.9 Å². The minimum atomic E-state index is 0.704. The SMILES string of the molecule is COc1cccc(C#Cc2ccc3ncc4ncn(-c5ccc(CCCN)cc5)c4c3c2)c1. The number of hydrogen-bond acceptors (Lipinski definition) is 4. The largest absolute Gasteiger partial charge is 0.497 e. The average molecular weight is 433 g/mol. The number of nitrogens with two attached hydrogens (primary N) is 1. The van der Waals surface area contributed by atoms with Gasteiger partial charge in [0.05, 0.1) is 24.3 Å². The maximum atomic E-state index is 5.64. The van der Waals surface area contributed by atoms with Crippen molar-refractivity contribution in [3.8, 4) is 23.3 Å². The van der Waals surface area contributed by atoms with E-state index in [1.165, 1.54) is 5.56 Å². The number of aromatic nitrogens is 3. The average Bonchev–Trinajstić information content (AvgIpc) is 3.31. The second kappa shape index (κ2) is 9.15. The van der Waals surface area contributed by atoms with Gasteiger partial charge in [0.15, 0.2) is 0 Å². The van der Waals surface area contributed by atoms with Crippen LogP contribution in [-0.4, -0.2) is 28.2 Å². The number of rotatable bonds is 5. The van der Waals surface area contributed by atoms with E-state index in [-0.39, 0.29) is 0 Å². The topological polar surface area (TPSA) is 66.0 Å². The maximum Gasteiger partial charge on any atom is 0.120 e. The van der Waals surface area contributed by atoms with E-state index in [4.69, 9.17) is 10.5 Å². The number of benzene rings is 3. The lowest BCUT2D eigenvalue weighted by Gasteiger charge is -2.08. The van der Waals surface area contributed by atoms with Crippen LogP contribution < -0.4 is 10.5 Å². The van der Waals surface area contributed by atoms with Crippen molar-refractivity contribution in [1.29, 1.82) is 0 Å². The molecule has 0 saturated heterocycles. The molecule has 0 bridgehead atoms. The number of ether oxygens (including phenoxy) is 1. The Morgan fingerprint density at radius 2 is 1.73 bits per heavy atom. The summed E-state index contributed by atoms with van der Waals surface area (Å²) in [6.45, 7) is 0.704. The Balaban J connectivity index is 1.56. The van der Waals surface area contributed by atoms with Crippen LogP contribution >= 0.6 is 0 Å². The van der Waals surface area contributed by atoms with Gasteiger partial charge in [-0.3, -0.25) is 9.55 Å². The lowest BCUT2D eigenvalue weighted by atomic mass is 10.1. The summed E-state index contributed by atoms with van der Waals surface area (Å²) in [5, 5.41) is 1.02. The molecule has 33 heavy (non-hydrogen) atoms. The summed E-state index contributed by atoms with van der Waals surface area (Å²) >= 11 is 0. The van der Waals surface area contributed by atoms with Crippen LogP contribution in [-0.2, 0) is 6.42 Å². The standard InChI is InChI=1S/C28H24N4O/c1-33-24-6-2-4-21(16-24)7-8-22-11-14-26-25(17-22)28-27(18-30-26)31-19-32(28)23-12-9-20(10-13-23)5-3-15-29/h2,4,6,9-14,16-19H,3,5,15,29H2,1H3. The Bertz CT molecular complexity index is 1490. The number of imidazole rings is 1. The van der Waals surface area contributed by atoms with Crippen molar-refractivity contribution < 1.29 is 4.74 Å². The lowest BCUT2D eigenvalue weighted by Crippen LogP contribution is -2.00. The second-order valence-corrected chi connectivity index (χ2v) is 7.88. The van der Waals surface area contributed by atoms with Gasteiger partial charge < -0.3 is 10.5 Å². The van der Waals surface area contributed by atoms with Gasteiger partial charge in [-0.1, -0.05) is 30.0 Å². The monoisotopic (exact) mass is 432 g/mol. The third-order valence-corrected chi connectivity index (χ3v) is 5.68. The van der Waals surface area contributed by atoms with Crippen LogP contribution in [0.25, 0.3) is 27.6 Å². The summed E-state index contributed by atoms with van der Waals surface area (Å²) < 4.78 is 7.41. The number of hydrogen-bond donors (Lipinski definition) is 1. The molecular formula is C28H24N4O. The molecule has 5 nitrogen and oxygen atoms in total. The van der Waals surface area contributed by atoms with Crippen LogP contribution in [0.4, 0.5) is 0 Å². The Hall–Kier alpha value is -4.14. The molecular weight excluding hydrogens is 408 g/mol. The van der Waals surface area contributed by atoms with Gasteiger partial charge in [0.1, 0.15) is 17.6 Å². The predicted molar refractivity (Wildman–Crippen MR) is 133 cm³/mol. The molecule has 0 aliphatic heterocycles. The van der Waals surface area contributed by atoms with E-state index in [2.05, 4.69) is 56.7 Å². The number of aryl methyl sites for hydroxylation is 1. The van der Waals surface area contributed by atoms with Crippen LogP contribution in [0, 0.1) is 11.8 Å². The quantitative estimate of drug-likeness (QED) is 0.402. The van der Waals surface area contributed by atoms with Crippen molar-refractivity contribution in [1.82, 2.24) is 14.5 Å². The van der Waals surface area contributed by atoms with Gasteiger partial charge in [-0.05, 0) is 73.5 Å². The molecule has 5 heteroatoms. The molecule has 5 aromatic rings. The lowest BCUT2D eigenvalue weighted by molar-refractivity contribution is 0.414. The maximum absolute atomic E-state index is 5.64. The molecule has 2 N–H and O–H groups in total. The predicted octanol–water partition coefficient (Wildman–Crippen LogP) is 4.87. The van der Waals surface area contributed by atoms with E-state index in [0.29, 0.717) is 6.54 Å². The first kappa shape index (κ1) is 20.7. The van der Waals surface area contributed by atoms with Gasteiger partial charge in [-0.15, -0.1) is 0 Å². The van der Waals surface area contributed by atoms with Crippen molar-refractivity contribution in [3.63, 3.8) is 0 Å². The molecule has 2 heterocycles. The highest BCUT2D eigenvalue weighted by Crippen LogP contribution is 2.27. The molecule has 0 radical (unpaired) electrons. The summed E-state index contributed by atoms with van der Waals surface area (Å²) in [6.07, 6.45) is 5.66. The first-order valence-electron chi connectivity index (χ1n) is 11.0. The minimum Gasteiger partial charge on any atom is -0.497 e. The molecule has 0 saturated carbocycles. The summed E-state index contributed by atoms with van der Waals surface area (Å²) in [7, 11) is 1.66. The Kier molecular flexibility index (Phi) is 5.75. The normalized spacial score (nSPS) is 10.8. The molecule has 5 rings (SSSR count). The zero-order chi connectivity index (χ0) is 22.6. The number of nitrogens with zero attached hydrogens (tertiary/aromatic N) is 3. The number of fused-ring (bicyclic) bond motifs is 3. The molecule has 0 unspecified atom stereocenters. The first-order chi connectivity index (χ1) is 16.2. The molecule has 0 aliphatic rings. The molecule has 0 spiro atoms. The van der Waals surface area contributed by atoms with E-state index < -0.39 is 0 Å². The zero-order valence-electron chi connectivity index (χ0n) is 18.5. The van der Waals surface area contributed by atoms with E-state index in [0.717, 1.165) is 57.3 Å². The molecule has 2 aromatic heterocycles. The van der Waals surface area contributed by atoms with E-state index in [1.54, 1.807) is 7.11 Å². The molecule has 0 atom stereocenters. The molecule has 3 aromatic carbocycles. The summed E-state index contributed by atoms with van der Waals surface area (Å²) in [5.41, 5.74) is 12.6. The van der Waals surface area contributed by atoms with Crippen molar-refractivity contribution >= 4 is 21.9 Å². The van der Waals surface area contributed by atoms with Crippen LogP contribution in [0.3, 0.4) is 0 Å². The van der Waals surface area contributed by atoms with Crippen molar-refractivity contribution in [2.75, 3.05) is 13.7 Å². The Labute approximate surface area is 192 Å². The summed E-state index contributed by atoms with van der Waals surface area (Å²) in [5.74, 6) is 7.30. The van der Waals surface area contributed by atoms with E-state index >= 15 is 0 Å². The van der Waals surface area contributed by atoms with Crippen molar-refractivity contribution in [2.24, 2.45) is 5.73 Å². The van der Waals surface area contributed by atoms with Gasteiger partial charge >= 0.3 is 0 Å². The fraction of sp³-hybridized carbons (Fsp3) is 0.143. The fourth-order valence-corrected chi connectivity index (χ4v) is 3.94. The highest BCUT2D eigenvalue weighted by Gasteiger charge is 2.10. The van der Waals surface area contributed by atoms with Crippen molar-refractivity contribution in [2.45, 2.75) is 12.8 Å². The van der Waals surface area contributed by atoms with Crippen LogP contribution in [0.2, 0.25) is 0 Å². The molecule has 0 aliphatic carbocycles. The van der Waals surface area contributed by atoms with Gasteiger partial charge in [0, 0.05) is 22.2 Å². The van der Waals surface area contributed by atoms with Crippen LogP contribution in [0.5, 0.6) is 5.75 Å². The highest BCUT2D eigenvalue weighted by molar-refractivity contribution is 6.03. The zero-order valence-corrected chi connectivity index (χ0v) is 18.5. The van der Waals surface area contributed by atoms with Gasteiger partial charge in [0.25, 0.3) is 0 Å². The number of methoxy groups -OCH3 is 1. The minimum absolute atomic E-state index is 0.704. The van der Waals surface area contributed by atoms with Gasteiger partial charge in [-0.2, -0.15) is 0 Å². The smallest absolute Gasteiger partial charge is 0.120 e. The number of pyridine rings is 1. The Morgan fingerprint density at radius 1 is 0.909 bits per heavy atom. The Morgan fingerprint density at radius 3 is 2.52 bits per heavy atom. The third kappa shape index (κ3) is 4.30. The van der Waals surface area contributed by atoms with E-state index in [9.17, 15) is 0 Å².